The molecular formula is C24H30N4OS. The average Bonchev–Trinajstić information content (AvgIpc) is 3.21. The molecule has 2 aliphatic rings. The van der Waals surface area contributed by atoms with Crippen LogP contribution in [0.5, 0.6) is 0 Å². The lowest BCUT2D eigenvalue weighted by atomic mass is 9.86. The van der Waals surface area contributed by atoms with E-state index >= 15 is 0 Å². The Morgan fingerprint density at radius 1 is 1.10 bits per heavy atom. The number of thiophene rings is 1. The molecule has 30 heavy (non-hydrogen) atoms. The number of morpholine rings is 1. The molecule has 2 aromatic heterocycles. The first-order valence-electron chi connectivity index (χ1n) is 11.2. The fourth-order valence-electron chi connectivity index (χ4n) is 4.66. The summed E-state index contributed by atoms with van der Waals surface area (Å²) >= 11 is 1.73. The maximum absolute atomic E-state index is 5.50. The summed E-state index contributed by atoms with van der Waals surface area (Å²) in [5.41, 5.74) is 2.47. The zero-order valence-electron chi connectivity index (χ0n) is 17.6. The third-order valence-electron chi connectivity index (χ3n) is 6.47. The van der Waals surface area contributed by atoms with Crippen molar-refractivity contribution in [3.05, 3.63) is 41.5 Å². The number of rotatable bonds is 5. The van der Waals surface area contributed by atoms with Crippen LogP contribution in [0.3, 0.4) is 0 Å². The van der Waals surface area contributed by atoms with Crippen LogP contribution in [-0.2, 0) is 11.3 Å². The van der Waals surface area contributed by atoms with Crippen molar-refractivity contribution in [2.24, 2.45) is 5.92 Å². The third-order valence-corrected chi connectivity index (χ3v) is 7.34. The Kier molecular flexibility index (Phi) is 5.97. The van der Waals surface area contributed by atoms with Gasteiger partial charge in [0.2, 0.25) is 0 Å². The van der Waals surface area contributed by atoms with Gasteiger partial charge in [-0.1, -0.05) is 50.1 Å². The van der Waals surface area contributed by atoms with E-state index in [0.717, 1.165) is 49.3 Å². The lowest BCUT2D eigenvalue weighted by molar-refractivity contribution is 0.0331. The van der Waals surface area contributed by atoms with E-state index < -0.39 is 0 Å². The lowest BCUT2D eigenvalue weighted by Gasteiger charge is -2.30. The van der Waals surface area contributed by atoms with Crippen molar-refractivity contribution in [1.29, 1.82) is 0 Å². The minimum Gasteiger partial charge on any atom is -0.379 e. The Bertz CT molecular complexity index is 984. The number of fused-ring (bicyclic) bond motifs is 1. The van der Waals surface area contributed by atoms with E-state index in [-0.39, 0.29) is 0 Å². The maximum Gasteiger partial charge on any atom is 0.146 e. The SMILES string of the molecule is CC1CCCCC1Nc1nc(CN2CCOCC2)nc2scc(-c3ccccc3)c12. The zero-order valence-corrected chi connectivity index (χ0v) is 18.5. The van der Waals surface area contributed by atoms with E-state index in [9.17, 15) is 0 Å². The molecule has 0 spiro atoms. The van der Waals surface area contributed by atoms with E-state index in [0.29, 0.717) is 12.0 Å². The molecule has 1 saturated carbocycles. The number of benzene rings is 1. The highest BCUT2D eigenvalue weighted by Gasteiger charge is 2.24. The van der Waals surface area contributed by atoms with E-state index in [2.05, 4.69) is 52.9 Å². The van der Waals surface area contributed by atoms with Gasteiger partial charge in [-0.2, -0.15) is 0 Å². The van der Waals surface area contributed by atoms with Crippen LogP contribution in [-0.4, -0.2) is 47.2 Å². The number of nitrogens with zero attached hydrogens (tertiary/aromatic N) is 3. The largest absolute Gasteiger partial charge is 0.379 e. The van der Waals surface area contributed by atoms with Crippen molar-refractivity contribution < 1.29 is 4.74 Å². The summed E-state index contributed by atoms with van der Waals surface area (Å²) in [6.07, 6.45) is 5.15. The predicted molar refractivity (Wildman–Crippen MR) is 124 cm³/mol. The van der Waals surface area contributed by atoms with E-state index in [1.54, 1.807) is 11.3 Å². The van der Waals surface area contributed by atoms with E-state index in [1.807, 2.05) is 0 Å². The minimum absolute atomic E-state index is 0.483. The van der Waals surface area contributed by atoms with Gasteiger partial charge in [0.15, 0.2) is 0 Å². The minimum atomic E-state index is 0.483. The predicted octanol–water partition coefficient (Wildman–Crippen LogP) is 5.18. The highest BCUT2D eigenvalue weighted by molar-refractivity contribution is 7.17. The molecule has 0 bridgehead atoms. The smallest absolute Gasteiger partial charge is 0.146 e. The summed E-state index contributed by atoms with van der Waals surface area (Å²) in [7, 11) is 0. The quantitative estimate of drug-likeness (QED) is 0.614. The highest BCUT2D eigenvalue weighted by Crippen LogP contribution is 2.38. The van der Waals surface area contributed by atoms with Crippen molar-refractivity contribution in [1.82, 2.24) is 14.9 Å². The van der Waals surface area contributed by atoms with Gasteiger partial charge in [0, 0.05) is 30.1 Å². The van der Waals surface area contributed by atoms with Gasteiger partial charge < -0.3 is 10.1 Å². The number of nitrogens with one attached hydrogen (secondary N) is 1. The van der Waals surface area contributed by atoms with Gasteiger partial charge in [-0.05, 0) is 24.3 Å². The van der Waals surface area contributed by atoms with Crippen LogP contribution in [0.15, 0.2) is 35.7 Å². The van der Waals surface area contributed by atoms with E-state index in [4.69, 9.17) is 14.7 Å². The first-order valence-corrected chi connectivity index (χ1v) is 12.1. The zero-order chi connectivity index (χ0) is 20.3. The van der Waals surface area contributed by atoms with Gasteiger partial charge in [0.25, 0.3) is 0 Å². The lowest BCUT2D eigenvalue weighted by Crippen LogP contribution is -2.36. The Labute approximate surface area is 182 Å². The van der Waals surface area contributed by atoms with Crippen LogP contribution in [0.4, 0.5) is 5.82 Å². The van der Waals surface area contributed by atoms with Crippen molar-refractivity contribution in [2.75, 3.05) is 31.6 Å². The summed E-state index contributed by atoms with van der Waals surface area (Å²) in [4.78, 5) is 13.5. The molecule has 1 aliphatic carbocycles. The Balaban J connectivity index is 1.54. The monoisotopic (exact) mass is 422 g/mol. The number of hydrogen-bond acceptors (Lipinski definition) is 6. The summed E-state index contributed by atoms with van der Waals surface area (Å²) < 4.78 is 5.50. The molecule has 2 fully saturated rings. The van der Waals surface area contributed by atoms with Gasteiger partial charge in [-0.3, -0.25) is 4.90 Å². The fraction of sp³-hybridized carbons (Fsp3) is 0.500. The fourth-order valence-corrected chi connectivity index (χ4v) is 5.62. The third kappa shape index (κ3) is 4.22. The van der Waals surface area contributed by atoms with Gasteiger partial charge in [-0.15, -0.1) is 11.3 Å². The Morgan fingerprint density at radius 2 is 1.90 bits per heavy atom. The van der Waals surface area contributed by atoms with Crippen molar-refractivity contribution in [2.45, 2.75) is 45.2 Å². The second kappa shape index (κ2) is 9.00. The maximum atomic E-state index is 5.50. The van der Waals surface area contributed by atoms with Gasteiger partial charge >= 0.3 is 0 Å². The Hall–Kier alpha value is -2.02. The van der Waals surface area contributed by atoms with Crippen LogP contribution < -0.4 is 5.32 Å². The molecule has 1 N–H and O–H groups in total. The Morgan fingerprint density at radius 3 is 2.70 bits per heavy atom. The van der Waals surface area contributed by atoms with Gasteiger partial charge in [0.05, 0.1) is 25.1 Å². The molecule has 6 heteroatoms. The van der Waals surface area contributed by atoms with Crippen LogP contribution in [0.25, 0.3) is 21.3 Å². The molecule has 1 saturated heterocycles. The normalized spacial score (nSPS) is 23.0. The van der Waals surface area contributed by atoms with Crippen LogP contribution in [0.1, 0.15) is 38.4 Å². The second-order valence-electron chi connectivity index (χ2n) is 8.59. The van der Waals surface area contributed by atoms with Crippen molar-refractivity contribution >= 4 is 27.4 Å². The van der Waals surface area contributed by atoms with Gasteiger partial charge in [0.1, 0.15) is 16.5 Å². The summed E-state index contributed by atoms with van der Waals surface area (Å²) in [5, 5.41) is 7.27. The van der Waals surface area contributed by atoms with Crippen molar-refractivity contribution in [3.63, 3.8) is 0 Å². The highest BCUT2D eigenvalue weighted by atomic mass is 32.1. The molecule has 2 atom stereocenters. The number of anilines is 1. The first kappa shape index (κ1) is 19.9. The van der Waals surface area contributed by atoms with Crippen LogP contribution >= 0.6 is 11.3 Å². The summed E-state index contributed by atoms with van der Waals surface area (Å²) in [6.45, 7) is 6.64. The molecule has 2 unspecified atom stereocenters. The topological polar surface area (TPSA) is 50.3 Å². The molecule has 1 aliphatic heterocycles. The summed E-state index contributed by atoms with van der Waals surface area (Å²) in [6, 6.07) is 11.1. The molecule has 0 amide bonds. The van der Waals surface area contributed by atoms with Crippen LogP contribution in [0, 0.1) is 5.92 Å². The molecular weight excluding hydrogens is 392 g/mol. The molecule has 1 aromatic carbocycles. The molecule has 5 rings (SSSR count). The number of ether oxygens (including phenoxy) is 1. The molecule has 3 heterocycles. The number of hydrogen-bond donors (Lipinski definition) is 1. The molecule has 5 nitrogen and oxygen atoms in total. The average molecular weight is 423 g/mol. The first-order chi connectivity index (χ1) is 14.8. The van der Waals surface area contributed by atoms with Crippen LogP contribution in [0.2, 0.25) is 0 Å². The van der Waals surface area contributed by atoms with E-state index in [1.165, 1.54) is 42.2 Å². The molecule has 158 valence electrons. The molecule has 3 aromatic rings. The standard InChI is InChI=1S/C24H30N4OS/c1-17-7-5-6-10-20(17)25-23-22-19(18-8-3-2-4-9-18)16-30-24(22)27-21(26-23)15-28-11-13-29-14-12-28/h2-4,8-9,16-17,20H,5-7,10-15H2,1H3,(H,25,26,27). The summed E-state index contributed by atoms with van der Waals surface area (Å²) in [5.74, 6) is 2.60. The number of aromatic nitrogens is 2. The second-order valence-corrected chi connectivity index (χ2v) is 9.44. The van der Waals surface area contributed by atoms with Crippen molar-refractivity contribution in [3.8, 4) is 11.1 Å². The van der Waals surface area contributed by atoms with Gasteiger partial charge in [-0.25, -0.2) is 9.97 Å². The molecule has 0 radical (unpaired) electrons.